The molecule has 26 heavy (non-hydrogen) atoms. The molecule has 6 heteroatoms. The highest BCUT2D eigenvalue weighted by Gasteiger charge is 2.22. The molecule has 1 aromatic carbocycles. The van der Waals surface area contributed by atoms with Crippen LogP contribution in [0.15, 0.2) is 24.5 Å². The van der Waals surface area contributed by atoms with E-state index in [2.05, 4.69) is 31.8 Å². The molecule has 1 saturated carbocycles. The standard InChI is InChI=1S/C20H30N4O2/c1-16-22-21-15-24(16)12-11-23(18-7-5-4-6-8-18)14-17-9-10-19(25-2)20(13-17)26-3/h9-10,13,15,18H,4-8,11-12,14H2,1-3H3. The summed E-state index contributed by atoms with van der Waals surface area (Å²) in [6.07, 6.45) is 8.43. The molecule has 0 amide bonds. The number of hydrogen-bond acceptors (Lipinski definition) is 5. The van der Waals surface area contributed by atoms with Crippen molar-refractivity contribution in [1.82, 2.24) is 19.7 Å². The molecule has 0 bridgehead atoms. The lowest BCUT2D eigenvalue weighted by atomic mass is 9.93. The molecule has 0 aliphatic heterocycles. The predicted octanol–water partition coefficient (Wildman–Crippen LogP) is 3.44. The number of aryl methyl sites for hydroxylation is 1. The summed E-state index contributed by atoms with van der Waals surface area (Å²) in [5.41, 5.74) is 1.26. The predicted molar refractivity (Wildman–Crippen MR) is 102 cm³/mol. The third kappa shape index (κ3) is 4.55. The Morgan fingerprint density at radius 3 is 2.54 bits per heavy atom. The van der Waals surface area contributed by atoms with Crippen LogP contribution in [-0.4, -0.2) is 46.5 Å². The van der Waals surface area contributed by atoms with Crippen molar-refractivity contribution >= 4 is 0 Å². The van der Waals surface area contributed by atoms with Crippen LogP contribution < -0.4 is 9.47 Å². The van der Waals surface area contributed by atoms with Crippen molar-refractivity contribution < 1.29 is 9.47 Å². The highest BCUT2D eigenvalue weighted by molar-refractivity contribution is 5.42. The van der Waals surface area contributed by atoms with Gasteiger partial charge in [-0.1, -0.05) is 25.3 Å². The number of hydrogen-bond donors (Lipinski definition) is 0. The van der Waals surface area contributed by atoms with Crippen LogP contribution in [0.25, 0.3) is 0 Å². The molecule has 1 fully saturated rings. The van der Waals surface area contributed by atoms with E-state index in [4.69, 9.17) is 9.47 Å². The van der Waals surface area contributed by atoms with Crippen molar-refractivity contribution in [2.75, 3.05) is 20.8 Å². The van der Waals surface area contributed by atoms with Crippen LogP contribution in [0.4, 0.5) is 0 Å². The first-order valence-electron chi connectivity index (χ1n) is 9.50. The molecular weight excluding hydrogens is 328 g/mol. The van der Waals surface area contributed by atoms with Gasteiger partial charge < -0.3 is 14.0 Å². The molecule has 1 aromatic heterocycles. The molecule has 3 rings (SSSR count). The maximum atomic E-state index is 5.47. The van der Waals surface area contributed by atoms with E-state index in [1.807, 2.05) is 19.3 Å². The van der Waals surface area contributed by atoms with Crippen LogP contribution in [0.3, 0.4) is 0 Å². The van der Waals surface area contributed by atoms with Crippen LogP contribution in [0, 0.1) is 6.92 Å². The summed E-state index contributed by atoms with van der Waals surface area (Å²) in [6.45, 7) is 4.85. The molecule has 0 saturated heterocycles. The minimum absolute atomic E-state index is 0.647. The number of benzene rings is 1. The Kier molecular flexibility index (Phi) is 6.50. The fourth-order valence-electron chi connectivity index (χ4n) is 3.82. The topological polar surface area (TPSA) is 52.4 Å². The van der Waals surface area contributed by atoms with Crippen molar-refractivity contribution in [2.45, 2.75) is 58.2 Å². The Labute approximate surface area is 156 Å². The molecule has 0 atom stereocenters. The van der Waals surface area contributed by atoms with Gasteiger partial charge in [-0.2, -0.15) is 0 Å². The number of aromatic nitrogens is 3. The second kappa shape index (κ2) is 9.03. The van der Waals surface area contributed by atoms with Gasteiger partial charge in [-0.3, -0.25) is 4.90 Å². The van der Waals surface area contributed by atoms with Gasteiger partial charge in [0.05, 0.1) is 14.2 Å². The summed E-state index contributed by atoms with van der Waals surface area (Å²) in [5.74, 6) is 2.54. The SMILES string of the molecule is COc1ccc(CN(CCn2cnnc2C)C2CCCCC2)cc1OC. The summed E-state index contributed by atoms with van der Waals surface area (Å²) in [6, 6.07) is 6.88. The monoisotopic (exact) mass is 358 g/mol. The minimum atomic E-state index is 0.647. The van der Waals surface area contributed by atoms with E-state index >= 15 is 0 Å². The van der Waals surface area contributed by atoms with Crippen molar-refractivity contribution in [2.24, 2.45) is 0 Å². The van der Waals surface area contributed by atoms with Gasteiger partial charge in [-0.25, -0.2) is 0 Å². The number of nitrogens with zero attached hydrogens (tertiary/aromatic N) is 4. The molecule has 0 N–H and O–H groups in total. The number of rotatable bonds is 8. The average Bonchev–Trinajstić information content (AvgIpc) is 3.10. The van der Waals surface area contributed by atoms with Gasteiger partial charge in [0.2, 0.25) is 0 Å². The highest BCUT2D eigenvalue weighted by Crippen LogP contribution is 2.29. The lowest BCUT2D eigenvalue weighted by molar-refractivity contribution is 0.142. The van der Waals surface area contributed by atoms with Crippen LogP contribution in [0.2, 0.25) is 0 Å². The van der Waals surface area contributed by atoms with Crippen molar-refractivity contribution in [3.05, 3.63) is 35.9 Å². The Bertz CT molecular complexity index is 695. The molecule has 6 nitrogen and oxygen atoms in total. The summed E-state index contributed by atoms with van der Waals surface area (Å²) >= 11 is 0. The Balaban J connectivity index is 1.73. The highest BCUT2D eigenvalue weighted by atomic mass is 16.5. The quantitative estimate of drug-likeness (QED) is 0.723. The van der Waals surface area contributed by atoms with E-state index in [9.17, 15) is 0 Å². The smallest absolute Gasteiger partial charge is 0.161 e. The van der Waals surface area contributed by atoms with Crippen molar-refractivity contribution in [3.8, 4) is 11.5 Å². The molecule has 1 aliphatic rings. The molecule has 0 spiro atoms. The summed E-state index contributed by atoms with van der Waals surface area (Å²) in [5, 5.41) is 8.10. The third-order valence-electron chi connectivity index (χ3n) is 5.36. The van der Waals surface area contributed by atoms with Crippen LogP contribution in [-0.2, 0) is 13.1 Å². The van der Waals surface area contributed by atoms with Gasteiger partial charge in [0.1, 0.15) is 12.2 Å². The Morgan fingerprint density at radius 1 is 1.12 bits per heavy atom. The Hall–Kier alpha value is -2.08. The normalized spacial score (nSPS) is 15.4. The lowest BCUT2D eigenvalue weighted by Gasteiger charge is -2.34. The number of methoxy groups -OCH3 is 2. The maximum absolute atomic E-state index is 5.47. The second-order valence-electron chi connectivity index (χ2n) is 7.02. The van der Waals surface area contributed by atoms with Gasteiger partial charge in [0, 0.05) is 25.7 Å². The van der Waals surface area contributed by atoms with Crippen LogP contribution in [0.1, 0.15) is 43.5 Å². The van der Waals surface area contributed by atoms with E-state index in [-0.39, 0.29) is 0 Å². The second-order valence-corrected chi connectivity index (χ2v) is 7.02. The third-order valence-corrected chi connectivity index (χ3v) is 5.36. The van der Waals surface area contributed by atoms with Gasteiger partial charge in [0.15, 0.2) is 11.5 Å². The van der Waals surface area contributed by atoms with Gasteiger partial charge >= 0.3 is 0 Å². The van der Waals surface area contributed by atoms with E-state index < -0.39 is 0 Å². The molecule has 142 valence electrons. The summed E-state index contributed by atoms with van der Waals surface area (Å²) in [7, 11) is 3.36. The number of ether oxygens (including phenoxy) is 2. The fourth-order valence-corrected chi connectivity index (χ4v) is 3.82. The van der Waals surface area contributed by atoms with Crippen molar-refractivity contribution in [3.63, 3.8) is 0 Å². The van der Waals surface area contributed by atoms with Gasteiger partial charge in [0.25, 0.3) is 0 Å². The molecule has 1 heterocycles. The van der Waals surface area contributed by atoms with E-state index in [1.54, 1.807) is 14.2 Å². The molecule has 0 radical (unpaired) electrons. The van der Waals surface area contributed by atoms with E-state index in [0.29, 0.717) is 6.04 Å². The van der Waals surface area contributed by atoms with Crippen LogP contribution >= 0.6 is 0 Å². The van der Waals surface area contributed by atoms with E-state index in [0.717, 1.165) is 37.0 Å². The Morgan fingerprint density at radius 2 is 1.88 bits per heavy atom. The maximum Gasteiger partial charge on any atom is 0.161 e. The van der Waals surface area contributed by atoms with Gasteiger partial charge in [-0.05, 0) is 37.5 Å². The molecule has 0 unspecified atom stereocenters. The van der Waals surface area contributed by atoms with Crippen LogP contribution in [0.5, 0.6) is 11.5 Å². The van der Waals surface area contributed by atoms with Crippen molar-refractivity contribution in [1.29, 1.82) is 0 Å². The molecular formula is C20H30N4O2. The first-order valence-corrected chi connectivity index (χ1v) is 9.50. The largest absolute Gasteiger partial charge is 0.493 e. The lowest BCUT2D eigenvalue weighted by Crippen LogP contribution is -2.38. The zero-order valence-electron chi connectivity index (χ0n) is 16.1. The van der Waals surface area contributed by atoms with Gasteiger partial charge in [-0.15, -0.1) is 10.2 Å². The first-order chi connectivity index (χ1) is 12.7. The summed E-state index contributed by atoms with van der Waals surface area (Å²) < 4.78 is 13.0. The minimum Gasteiger partial charge on any atom is -0.493 e. The fraction of sp³-hybridized carbons (Fsp3) is 0.600. The molecule has 2 aromatic rings. The average molecular weight is 358 g/mol. The zero-order valence-corrected chi connectivity index (χ0v) is 16.1. The zero-order chi connectivity index (χ0) is 18.4. The summed E-state index contributed by atoms with van der Waals surface area (Å²) in [4.78, 5) is 2.61. The molecule has 1 aliphatic carbocycles. The van der Waals surface area contributed by atoms with E-state index in [1.165, 1.54) is 37.7 Å². The first kappa shape index (κ1) is 18.7.